The standard InChI is InChI=1S/C30H29N3O2/c1-4-35-29-27(22(20-34-3)19-21(2)31-29)28-32-26-18-12-11-17-25(26)30(33-28,23-13-7-5-8-14-23)24-15-9-6-10-16-24/h5-19H,4,20H2,1-3H3,(H,32,33). The third-order valence-electron chi connectivity index (χ3n) is 6.25. The van der Waals surface area contributed by atoms with Gasteiger partial charge in [0.2, 0.25) is 5.88 Å². The number of ether oxygens (including phenoxy) is 2. The molecule has 1 aliphatic rings. The number of hydrogen-bond acceptors (Lipinski definition) is 5. The molecule has 0 saturated carbocycles. The van der Waals surface area contributed by atoms with Gasteiger partial charge in [-0.25, -0.2) is 9.98 Å². The van der Waals surface area contributed by atoms with Gasteiger partial charge in [-0.3, -0.25) is 0 Å². The van der Waals surface area contributed by atoms with Gasteiger partial charge in [-0.05, 0) is 42.7 Å². The maximum atomic E-state index is 6.04. The topological polar surface area (TPSA) is 55.7 Å². The van der Waals surface area contributed by atoms with E-state index in [1.54, 1.807) is 7.11 Å². The van der Waals surface area contributed by atoms with E-state index in [1.165, 1.54) is 0 Å². The van der Waals surface area contributed by atoms with Crippen molar-refractivity contribution in [3.8, 4) is 5.88 Å². The van der Waals surface area contributed by atoms with Gasteiger partial charge >= 0.3 is 0 Å². The molecule has 0 radical (unpaired) electrons. The van der Waals surface area contributed by atoms with Crippen molar-refractivity contribution in [1.82, 2.24) is 4.98 Å². The number of methoxy groups -OCH3 is 1. The number of nitrogens with one attached hydrogen (secondary N) is 1. The highest BCUT2D eigenvalue weighted by molar-refractivity contribution is 6.13. The van der Waals surface area contributed by atoms with Crippen LogP contribution in [0.3, 0.4) is 0 Å². The van der Waals surface area contributed by atoms with E-state index in [9.17, 15) is 0 Å². The zero-order chi connectivity index (χ0) is 24.3. The zero-order valence-electron chi connectivity index (χ0n) is 20.3. The lowest BCUT2D eigenvalue weighted by Gasteiger charge is -2.38. The van der Waals surface area contributed by atoms with Crippen molar-refractivity contribution >= 4 is 11.5 Å². The largest absolute Gasteiger partial charge is 0.477 e. The minimum absolute atomic E-state index is 0.421. The van der Waals surface area contributed by atoms with Gasteiger partial charge in [0.15, 0.2) is 0 Å². The van der Waals surface area contributed by atoms with E-state index in [2.05, 4.69) is 72.0 Å². The van der Waals surface area contributed by atoms with Gasteiger partial charge < -0.3 is 14.8 Å². The molecule has 0 atom stereocenters. The van der Waals surface area contributed by atoms with Crippen LogP contribution in [0, 0.1) is 6.92 Å². The number of fused-ring (bicyclic) bond motifs is 1. The first-order chi connectivity index (χ1) is 17.2. The van der Waals surface area contributed by atoms with Crippen LogP contribution < -0.4 is 10.1 Å². The lowest BCUT2D eigenvalue weighted by Crippen LogP contribution is -2.36. The van der Waals surface area contributed by atoms with E-state index < -0.39 is 5.54 Å². The van der Waals surface area contributed by atoms with Crippen molar-refractivity contribution in [3.63, 3.8) is 0 Å². The summed E-state index contributed by atoms with van der Waals surface area (Å²) < 4.78 is 11.6. The molecule has 5 rings (SSSR count). The van der Waals surface area contributed by atoms with Gasteiger partial charge in [-0.15, -0.1) is 0 Å². The Balaban J connectivity index is 1.86. The van der Waals surface area contributed by atoms with Crippen LogP contribution in [-0.4, -0.2) is 24.5 Å². The molecule has 2 heterocycles. The summed E-state index contributed by atoms with van der Waals surface area (Å²) >= 11 is 0. The highest BCUT2D eigenvalue weighted by Gasteiger charge is 2.41. The first-order valence-corrected chi connectivity index (χ1v) is 11.9. The summed E-state index contributed by atoms with van der Waals surface area (Å²) in [4.78, 5) is 10.2. The molecule has 0 unspecified atom stereocenters. The zero-order valence-corrected chi connectivity index (χ0v) is 20.3. The molecule has 0 fully saturated rings. The number of nitrogens with zero attached hydrogens (tertiary/aromatic N) is 2. The summed E-state index contributed by atoms with van der Waals surface area (Å²) in [6, 6.07) is 31.3. The normalized spacial score (nSPS) is 14.0. The number of anilines is 1. The summed E-state index contributed by atoms with van der Waals surface area (Å²) in [6.45, 7) is 4.86. The number of aliphatic imine (C=N–C) groups is 1. The van der Waals surface area contributed by atoms with Gasteiger partial charge in [0.05, 0.1) is 18.8 Å². The number of rotatable bonds is 7. The predicted octanol–water partition coefficient (Wildman–Crippen LogP) is 6.10. The molecule has 176 valence electrons. The Morgan fingerprint density at radius 1 is 0.857 bits per heavy atom. The Morgan fingerprint density at radius 2 is 1.49 bits per heavy atom. The Hall–Kier alpha value is -3.96. The maximum Gasteiger partial charge on any atom is 0.225 e. The molecule has 1 N–H and O–H groups in total. The fourth-order valence-electron chi connectivity index (χ4n) is 4.85. The molecular weight excluding hydrogens is 434 g/mol. The van der Waals surface area contributed by atoms with Crippen molar-refractivity contribution in [2.75, 3.05) is 19.0 Å². The Morgan fingerprint density at radius 3 is 2.11 bits per heavy atom. The van der Waals surface area contributed by atoms with Crippen LogP contribution in [0.2, 0.25) is 0 Å². The van der Waals surface area contributed by atoms with E-state index in [4.69, 9.17) is 19.5 Å². The van der Waals surface area contributed by atoms with Gasteiger partial charge in [-0.1, -0.05) is 78.9 Å². The van der Waals surface area contributed by atoms with Crippen LogP contribution in [0.25, 0.3) is 0 Å². The van der Waals surface area contributed by atoms with Crippen molar-refractivity contribution < 1.29 is 9.47 Å². The first-order valence-electron chi connectivity index (χ1n) is 11.9. The maximum absolute atomic E-state index is 6.04. The molecule has 0 amide bonds. The number of amidine groups is 1. The molecule has 5 heteroatoms. The van der Waals surface area contributed by atoms with Crippen LogP contribution >= 0.6 is 0 Å². The van der Waals surface area contributed by atoms with Crippen molar-refractivity contribution in [2.24, 2.45) is 4.99 Å². The highest BCUT2D eigenvalue weighted by Crippen LogP contribution is 2.47. The van der Waals surface area contributed by atoms with Crippen LogP contribution in [0.4, 0.5) is 5.69 Å². The molecule has 1 aliphatic heterocycles. The number of aryl methyl sites for hydroxylation is 1. The molecule has 0 bridgehead atoms. The first kappa shape index (κ1) is 22.8. The van der Waals surface area contributed by atoms with Gasteiger partial charge in [-0.2, -0.15) is 0 Å². The summed E-state index contributed by atoms with van der Waals surface area (Å²) in [5, 5.41) is 3.60. The fraction of sp³-hybridized carbons (Fsp3) is 0.200. The van der Waals surface area contributed by atoms with Gasteiger partial charge in [0.1, 0.15) is 11.4 Å². The smallest absolute Gasteiger partial charge is 0.225 e. The molecule has 35 heavy (non-hydrogen) atoms. The minimum Gasteiger partial charge on any atom is -0.477 e. The second-order valence-electron chi connectivity index (χ2n) is 8.54. The average Bonchev–Trinajstić information content (AvgIpc) is 2.89. The van der Waals surface area contributed by atoms with Crippen LogP contribution in [-0.2, 0) is 16.9 Å². The quantitative estimate of drug-likeness (QED) is 0.360. The van der Waals surface area contributed by atoms with Crippen LogP contribution in [0.1, 0.15) is 40.4 Å². The number of para-hydroxylation sites is 1. The Labute approximate surface area is 206 Å². The van der Waals surface area contributed by atoms with Crippen LogP contribution in [0.5, 0.6) is 5.88 Å². The molecule has 3 aromatic carbocycles. The molecule has 0 aliphatic carbocycles. The third kappa shape index (κ3) is 4.08. The second-order valence-corrected chi connectivity index (χ2v) is 8.54. The summed E-state index contributed by atoms with van der Waals surface area (Å²) in [5.74, 6) is 1.26. The third-order valence-corrected chi connectivity index (χ3v) is 6.25. The van der Waals surface area contributed by atoms with Crippen LogP contribution in [0.15, 0.2) is 96.0 Å². The summed E-state index contributed by atoms with van der Waals surface area (Å²) in [5.41, 5.74) is 6.18. The molecule has 1 aromatic heterocycles. The molecule has 5 nitrogen and oxygen atoms in total. The fourth-order valence-corrected chi connectivity index (χ4v) is 4.85. The lowest BCUT2D eigenvalue weighted by atomic mass is 9.75. The molecular formula is C30H29N3O2. The molecule has 0 spiro atoms. The van der Waals surface area contributed by atoms with Crippen molar-refractivity contribution in [1.29, 1.82) is 0 Å². The van der Waals surface area contributed by atoms with Crippen molar-refractivity contribution in [2.45, 2.75) is 26.0 Å². The average molecular weight is 464 g/mol. The van der Waals surface area contributed by atoms with Crippen molar-refractivity contribution in [3.05, 3.63) is 125 Å². The predicted molar refractivity (Wildman–Crippen MR) is 140 cm³/mol. The summed E-state index contributed by atoms with van der Waals surface area (Å²) in [6.07, 6.45) is 0. The van der Waals surface area contributed by atoms with E-state index in [0.717, 1.165) is 39.2 Å². The molecule has 0 saturated heterocycles. The number of hydrogen-bond donors (Lipinski definition) is 1. The number of benzene rings is 3. The lowest BCUT2D eigenvalue weighted by molar-refractivity contribution is 0.184. The van der Waals surface area contributed by atoms with E-state index in [0.29, 0.717) is 24.9 Å². The monoisotopic (exact) mass is 463 g/mol. The van der Waals surface area contributed by atoms with E-state index in [1.807, 2.05) is 38.1 Å². The SMILES string of the molecule is CCOc1nc(C)cc(COC)c1C1=NC(c2ccccc2)(c2ccccc2)c2ccccc2N1. The van der Waals surface area contributed by atoms with E-state index in [-0.39, 0.29) is 0 Å². The Bertz CT molecular complexity index is 1280. The highest BCUT2D eigenvalue weighted by atomic mass is 16.5. The number of aromatic nitrogens is 1. The number of pyridine rings is 1. The minimum atomic E-state index is -0.752. The van der Waals surface area contributed by atoms with Gasteiger partial charge in [0, 0.05) is 24.1 Å². The van der Waals surface area contributed by atoms with E-state index >= 15 is 0 Å². The van der Waals surface area contributed by atoms with Gasteiger partial charge in [0.25, 0.3) is 0 Å². The molecule has 4 aromatic rings. The summed E-state index contributed by atoms with van der Waals surface area (Å²) in [7, 11) is 1.70. The Kier molecular flexibility index (Phi) is 6.34. The second kappa shape index (κ2) is 9.72.